The SMILES string of the molecule is Cc1nc(-c2ccc(F)c(F)c2)sc1Cl. The van der Waals surface area contributed by atoms with Crippen LogP contribution in [0, 0.1) is 18.6 Å². The highest BCUT2D eigenvalue weighted by Crippen LogP contribution is 2.31. The molecule has 0 aliphatic rings. The van der Waals surface area contributed by atoms with Gasteiger partial charge in [-0.1, -0.05) is 11.6 Å². The molecular weight excluding hydrogens is 240 g/mol. The number of rotatable bonds is 1. The van der Waals surface area contributed by atoms with Crippen LogP contribution in [-0.2, 0) is 0 Å². The first kappa shape index (κ1) is 10.5. The number of hydrogen-bond donors (Lipinski definition) is 0. The second-order valence-corrected chi connectivity index (χ2v) is 4.61. The molecule has 0 aliphatic carbocycles. The lowest BCUT2D eigenvalue weighted by atomic mass is 10.2. The van der Waals surface area contributed by atoms with Gasteiger partial charge in [-0.25, -0.2) is 13.8 Å². The van der Waals surface area contributed by atoms with Gasteiger partial charge in [0.05, 0.1) is 5.69 Å². The maximum Gasteiger partial charge on any atom is 0.159 e. The molecule has 15 heavy (non-hydrogen) atoms. The molecule has 2 aromatic rings. The summed E-state index contributed by atoms with van der Waals surface area (Å²) in [6.45, 7) is 1.77. The van der Waals surface area contributed by atoms with Gasteiger partial charge < -0.3 is 0 Å². The quantitative estimate of drug-likeness (QED) is 0.739. The van der Waals surface area contributed by atoms with Crippen LogP contribution >= 0.6 is 22.9 Å². The molecule has 0 aliphatic heterocycles. The molecule has 78 valence electrons. The lowest BCUT2D eigenvalue weighted by Gasteiger charge is -1.96. The first-order valence-corrected chi connectivity index (χ1v) is 5.35. The van der Waals surface area contributed by atoms with E-state index in [0.717, 1.165) is 12.1 Å². The predicted octanol–water partition coefficient (Wildman–Crippen LogP) is 4.05. The summed E-state index contributed by atoms with van der Waals surface area (Å²) < 4.78 is 26.2. The summed E-state index contributed by atoms with van der Waals surface area (Å²) in [5.41, 5.74) is 1.23. The van der Waals surface area contributed by atoms with E-state index in [1.165, 1.54) is 17.4 Å². The molecule has 0 bridgehead atoms. The number of thiazole rings is 1. The van der Waals surface area contributed by atoms with Gasteiger partial charge in [-0.15, -0.1) is 11.3 Å². The Hall–Kier alpha value is -1.00. The molecule has 5 heteroatoms. The zero-order valence-corrected chi connectivity index (χ0v) is 9.29. The summed E-state index contributed by atoms with van der Waals surface area (Å²) in [5.74, 6) is -1.74. The van der Waals surface area contributed by atoms with Gasteiger partial charge >= 0.3 is 0 Å². The van der Waals surface area contributed by atoms with E-state index in [1.807, 2.05) is 0 Å². The van der Waals surface area contributed by atoms with Crippen molar-refractivity contribution < 1.29 is 8.78 Å². The molecule has 1 heterocycles. The number of aryl methyl sites for hydroxylation is 1. The Kier molecular flexibility index (Phi) is 2.71. The first-order valence-electron chi connectivity index (χ1n) is 4.16. The minimum absolute atomic E-state index is 0.536. The Balaban J connectivity index is 2.49. The van der Waals surface area contributed by atoms with Crippen molar-refractivity contribution in [2.24, 2.45) is 0 Å². The predicted molar refractivity (Wildman–Crippen MR) is 57.2 cm³/mol. The molecule has 0 N–H and O–H groups in total. The fourth-order valence-electron chi connectivity index (χ4n) is 1.13. The average molecular weight is 246 g/mol. The standard InChI is InChI=1S/C10H6ClF2NS/c1-5-9(11)15-10(14-5)6-2-3-7(12)8(13)4-6/h2-4H,1H3. The zero-order chi connectivity index (χ0) is 11.0. The molecule has 0 radical (unpaired) electrons. The van der Waals surface area contributed by atoms with E-state index in [2.05, 4.69) is 4.98 Å². The summed E-state index contributed by atoms with van der Waals surface area (Å²) in [6.07, 6.45) is 0. The van der Waals surface area contributed by atoms with Crippen molar-refractivity contribution in [2.45, 2.75) is 6.92 Å². The maximum atomic E-state index is 12.9. The highest BCUT2D eigenvalue weighted by molar-refractivity contribution is 7.19. The van der Waals surface area contributed by atoms with Gasteiger partial charge in [0.15, 0.2) is 11.6 Å². The van der Waals surface area contributed by atoms with Crippen LogP contribution in [-0.4, -0.2) is 4.98 Å². The normalized spacial score (nSPS) is 10.7. The Bertz CT molecular complexity index is 491. The lowest BCUT2D eigenvalue weighted by Crippen LogP contribution is -1.84. The monoisotopic (exact) mass is 245 g/mol. The van der Waals surface area contributed by atoms with Crippen molar-refractivity contribution in [3.63, 3.8) is 0 Å². The van der Waals surface area contributed by atoms with Gasteiger partial charge in [-0.3, -0.25) is 0 Å². The number of aromatic nitrogens is 1. The zero-order valence-electron chi connectivity index (χ0n) is 7.72. The minimum Gasteiger partial charge on any atom is -0.240 e. The summed E-state index contributed by atoms with van der Waals surface area (Å²) in [5, 5.41) is 0.594. The number of halogens is 3. The smallest absolute Gasteiger partial charge is 0.159 e. The van der Waals surface area contributed by atoms with E-state index in [4.69, 9.17) is 11.6 Å². The molecule has 0 unspecified atom stereocenters. The van der Waals surface area contributed by atoms with Crippen molar-refractivity contribution in [3.8, 4) is 10.6 Å². The Morgan fingerprint density at radius 3 is 2.53 bits per heavy atom. The van der Waals surface area contributed by atoms with Gasteiger partial charge in [0.25, 0.3) is 0 Å². The van der Waals surface area contributed by atoms with Crippen LogP contribution in [0.2, 0.25) is 4.34 Å². The van der Waals surface area contributed by atoms with Crippen LogP contribution in [0.5, 0.6) is 0 Å². The average Bonchev–Trinajstić information content (AvgIpc) is 2.52. The van der Waals surface area contributed by atoms with Crippen LogP contribution in [0.3, 0.4) is 0 Å². The van der Waals surface area contributed by atoms with Crippen molar-refractivity contribution in [1.82, 2.24) is 4.98 Å². The summed E-state index contributed by atoms with van der Waals surface area (Å²) in [6, 6.07) is 3.67. The van der Waals surface area contributed by atoms with E-state index >= 15 is 0 Å². The highest BCUT2D eigenvalue weighted by Gasteiger charge is 2.10. The van der Waals surface area contributed by atoms with Crippen molar-refractivity contribution in [3.05, 3.63) is 39.9 Å². The van der Waals surface area contributed by atoms with E-state index < -0.39 is 11.6 Å². The largest absolute Gasteiger partial charge is 0.240 e. The molecule has 2 rings (SSSR count). The molecule has 0 saturated carbocycles. The topological polar surface area (TPSA) is 12.9 Å². The maximum absolute atomic E-state index is 12.9. The second kappa shape index (κ2) is 3.87. The Morgan fingerprint density at radius 1 is 1.27 bits per heavy atom. The minimum atomic E-state index is -0.878. The van der Waals surface area contributed by atoms with Gasteiger partial charge in [0.1, 0.15) is 9.34 Å². The van der Waals surface area contributed by atoms with Crippen LogP contribution in [0.1, 0.15) is 5.69 Å². The van der Waals surface area contributed by atoms with Crippen LogP contribution in [0.25, 0.3) is 10.6 Å². The van der Waals surface area contributed by atoms with Crippen molar-refractivity contribution in [1.29, 1.82) is 0 Å². The third kappa shape index (κ3) is 2.01. The first-order chi connectivity index (χ1) is 7.08. The summed E-state index contributed by atoms with van der Waals surface area (Å²) in [4.78, 5) is 4.15. The summed E-state index contributed by atoms with van der Waals surface area (Å²) >= 11 is 7.09. The molecule has 1 nitrogen and oxygen atoms in total. The lowest BCUT2D eigenvalue weighted by molar-refractivity contribution is 0.509. The molecule has 0 amide bonds. The molecule has 1 aromatic heterocycles. The van der Waals surface area contributed by atoms with Gasteiger partial charge in [0, 0.05) is 5.56 Å². The number of nitrogens with zero attached hydrogens (tertiary/aromatic N) is 1. The van der Waals surface area contributed by atoms with Crippen molar-refractivity contribution >= 4 is 22.9 Å². The Morgan fingerprint density at radius 2 is 2.00 bits per heavy atom. The Labute approximate surface area is 94.3 Å². The van der Waals surface area contributed by atoms with Crippen LogP contribution in [0.4, 0.5) is 8.78 Å². The number of hydrogen-bond acceptors (Lipinski definition) is 2. The van der Waals surface area contributed by atoms with Gasteiger partial charge in [0.2, 0.25) is 0 Å². The van der Waals surface area contributed by atoms with Gasteiger partial charge in [-0.05, 0) is 25.1 Å². The third-order valence-corrected chi connectivity index (χ3v) is 3.41. The van der Waals surface area contributed by atoms with Crippen LogP contribution < -0.4 is 0 Å². The molecule has 0 spiro atoms. The molecular formula is C10H6ClF2NS. The molecule has 1 aromatic carbocycles. The van der Waals surface area contributed by atoms with E-state index in [0.29, 0.717) is 20.6 Å². The fourth-order valence-corrected chi connectivity index (χ4v) is 2.18. The summed E-state index contributed by atoms with van der Waals surface area (Å²) in [7, 11) is 0. The van der Waals surface area contributed by atoms with Crippen molar-refractivity contribution in [2.75, 3.05) is 0 Å². The van der Waals surface area contributed by atoms with E-state index in [1.54, 1.807) is 6.92 Å². The van der Waals surface area contributed by atoms with E-state index in [-0.39, 0.29) is 0 Å². The molecule has 0 saturated heterocycles. The fraction of sp³-hybridized carbons (Fsp3) is 0.100. The highest BCUT2D eigenvalue weighted by atomic mass is 35.5. The third-order valence-electron chi connectivity index (χ3n) is 1.91. The van der Waals surface area contributed by atoms with Crippen LogP contribution in [0.15, 0.2) is 18.2 Å². The van der Waals surface area contributed by atoms with Gasteiger partial charge in [-0.2, -0.15) is 0 Å². The number of benzene rings is 1. The second-order valence-electron chi connectivity index (χ2n) is 3.01. The van der Waals surface area contributed by atoms with E-state index in [9.17, 15) is 8.78 Å². The molecule has 0 atom stereocenters. The molecule has 0 fully saturated rings.